The molecule has 0 aliphatic rings. The van der Waals surface area contributed by atoms with Crippen LogP contribution in [0.5, 0.6) is 0 Å². The molecule has 0 radical (unpaired) electrons. The highest BCUT2D eigenvalue weighted by Crippen LogP contribution is 2.38. The van der Waals surface area contributed by atoms with Gasteiger partial charge in [0.1, 0.15) is 13.2 Å². The van der Waals surface area contributed by atoms with Crippen LogP contribution in [0.4, 0.5) is 0 Å². The molecule has 0 saturated heterocycles. The van der Waals surface area contributed by atoms with Gasteiger partial charge >= 0.3 is 0 Å². The number of amides is 1. The van der Waals surface area contributed by atoms with Crippen LogP contribution in [0.25, 0.3) is 0 Å². The largest absolute Gasteiger partial charge is 0.756 e. The summed E-state index contributed by atoms with van der Waals surface area (Å²) in [4.78, 5) is 25.2. The average Bonchev–Trinajstić information content (AvgIpc) is 3.29. The quantitative estimate of drug-likeness (QED) is 0.0272. The summed E-state index contributed by atoms with van der Waals surface area (Å²) >= 11 is 0. The fourth-order valence-electron chi connectivity index (χ4n) is 6.83. The summed E-state index contributed by atoms with van der Waals surface area (Å²) in [5.41, 5.74) is 0. The highest BCUT2D eigenvalue weighted by Gasteiger charge is 2.24. The van der Waals surface area contributed by atoms with Gasteiger partial charge in [-0.1, -0.05) is 212 Å². The summed E-state index contributed by atoms with van der Waals surface area (Å²) in [6, 6.07) is -0.809. The Balaban J connectivity index is 3.98. The fourth-order valence-corrected chi connectivity index (χ4v) is 7.55. The molecule has 0 fully saturated rings. The summed E-state index contributed by atoms with van der Waals surface area (Å²) < 4.78 is 23.1. The molecule has 0 aliphatic heterocycles. The minimum absolute atomic E-state index is 0.00374. The molecule has 382 valence electrons. The Kier molecular flexibility index (Phi) is 45.7. The number of quaternary nitrogens is 1. The van der Waals surface area contributed by atoms with E-state index in [1.54, 1.807) is 0 Å². The van der Waals surface area contributed by atoms with Crippen LogP contribution in [0.2, 0.25) is 0 Å². The molecule has 3 atom stereocenters. The molecule has 9 heteroatoms. The number of rotatable bonds is 46. The highest BCUT2D eigenvalue weighted by molar-refractivity contribution is 7.45. The molecule has 0 spiro atoms. The van der Waals surface area contributed by atoms with Gasteiger partial charge in [-0.05, 0) is 89.9 Å². The molecular weight excluding hydrogens is 852 g/mol. The predicted octanol–water partition coefficient (Wildman–Crippen LogP) is 15.2. The number of phosphoric ester groups is 1. The van der Waals surface area contributed by atoms with Crippen molar-refractivity contribution in [3.63, 3.8) is 0 Å². The van der Waals surface area contributed by atoms with Gasteiger partial charge < -0.3 is 28.8 Å². The molecule has 0 rings (SSSR count). The van der Waals surface area contributed by atoms with Crippen LogP contribution in [0.15, 0.2) is 122 Å². The van der Waals surface area contributed by atoms with Crippen molar-refractivity contribution in [3.05, 3.63) is 122 Å². The second kappa shape index (κ2) is 47.9. The van der Waals surface area contributed by atoms with Crippen molar-refractivity contribution in [1.82, 2.24) is 5.32 Å². The molecule has 3 unspecified atom stereocenters. The summed E-state index contributed by atoms with van der Waals surface area (Å²) in [5, 5.41) is 13.8. The maximum Gasteiger partial charge on any atom is 0.268 e. The number of aliphatic hydroxyl groups is 1. The van der Waals surface area contributed by atoms with Crippen LogP contribution in [-0.2, 0) is 18.4 Å². The molecular formula is C58H99N2O6P. The third-order valence-corrected chi connectivity index (χ3v) is 11.9. The molecule has 1 amide bonds. The number of hydrogen-bond acceptors (Lipinski definition) is 6. The SMILES string of the molecule is CC/C=C\C/C=C\C/C=C\C/C=C\C/C=C\C/C=C\C/C=C\C/C=C\C/C=C\C/C=C\CCCCCCCCCCC(=O)NC(COP(=O)([O-])OCC[N+](C)(C)C)C(O)CCCCCCCC. The Labute approximate surface area is 412 Å². The standard InChI is InChI=1S/C58H99N2O6P/c1-6-8-10-12-14-15-16-17-18-19-20-21-22-23-24-25-26-27-28-29-30-31-32-33-34-35-36-37-38-39-40-41-42-43-44-45-46-48-50-52-58(62)59-56(57(61)51-49-47-13-11-9-7-2)55-66-67(63,64)65-54-53-60(3,4)5/h8,10,14-15,17-18,20-21,23-24,26-27,29-30,32-33,35-36,38-39,56-57,61H,6-7,9,11-13,16,19,22,25,28,31,34,37,40-55H2,1-5H3,(H-,59,62,63,64)/b10-8-,15-14-,18-17-,21-20-,24-23-,27-26-,30-29-,33-32-,36-35-,39-38-. The van der Waals surface area contributed by atoms with E-state index < -0.39 is 20.0 Å². The topological polar surface area (TPSA) is 108 Å². The number of nitrogens with zero attached hydrogens (tertiary/aromatic N) is 1. The molecule has 0 aliphatic carbocycles. The second-order valence-corrected chi connectivity index (χ2v) is 19.9. The molecule has 67 heavy (non-hydrogen) atoms. The summed E-state index contributed by atoms with van der Waals surface area (Å²) in [5.74, 6) is -0.185. The monoisotopic (exact) mass is 951 g/mol. The number of carbonyl (C=O) groups excluding carboxylic acids is 1. The Bertz CT molecular complexity index is 1500. The van der Waals surface area contributed by atoms with Gasteiger partial charge in [-0.25, -0.2) is 0 Å². The minimum Gasteiger partial charge on any atom is -0.756 e. The number of carbonyl (C=O) groups is 1. The minimum atomic E-state index is -4.56. The lowest BCUT2D eigenvalue weighted by molar-refractivity contribution is -0.870. The predicted molar refractivity (Wildman–Crippen MR) is 288 cm³/mol. The highest BCUT2D eigenvalue weighted by atomic mass is 31.2. The lowest BCUT2D eigenvalue weighted by atomic mass is 10.0. The zero-order valence-corrected chi connectivity index (χ0v) is 44.2. The molecule has 0 aromatic heterocycles. The first-order chi connectivity index (χ1) is 32.5. The van der Waals surface area contributed by atoms with E-state index in [4.69, 9.17) is 9.05 Å². The Morgan fingerprint density at radius 3 is 1.33 bits per heavy atom. The smallest absolute Gasteiger partial charge is 0.268 e. The first-order valence-corrected chi connectivity index (χ1v) is 27.8. The number of unbranched alkanes of at least 4 members (excludes halogenated alkanes) is 13. The van der Waals surface area contributed by atoms with E-state index >= 15 is 0 Å². The van der Waals surface area contributed by atoms with Gasteiger partial charge in [0, 0.05) is 6.42 Å². The molecule has 0 saturated carbocycles. The van der Waals surface area contributed by atoms with Gasteiger partial charge in [-0.3, -0.25) is 9.36 Å². The number of aliphatic hydroxyl groups excluding tert-OH is 1. The zero-order chi connectivity index (χ0) is 49.2. The number of allylic oxidation sites excluding steroid dienone is 20. The zero-order valence-electron chi connectivity index (χ0n) is 43.3. The number of phosphoric acid groups is 1. The number of nitrogens with one attached hydrogen (secondary N) is 1. The van der Waals surface area contributed by atoms with Gasteiger partial charge in [-0.2, -0.15) is 0 Å². The Morgan fingerprint density at radius 2 is 0.910 bits per heavy atom. The van der Waals surface area contributed by atoms with Gasteiger partial charge in [0.05, 0.1) is 39.9 Å². The summed E-state index contributed by atoms with van der Waals surface area (Å²) in [6.07, 6.45) is 71.2. The van der Waals surface area contributed by atoms with E-state index in [9.17, 15) is 19.4 Å². The van der Waals surface area contributed by atoms with Crippen LogP contribution >= 0.6 is 7.82 Å². The molecule has 0 bridgehead atoms. The maximum atomic E-state index is 12.8. The first kappa shape index (κ1) is 63.9. The fraction of sp³-hybridized carbons (Fsp3) is 0.638. The van der Waals surface area contributed by atoms with Gasteiger partial charge in [0.25, 0.3) is 7.82 Å². The van der Waals surface area contributed by atoms with Gasteiger partial charge in [0.2, 0.25) is 5.91 Å². The van der Waals surface area contributed by atoms with Crippen molar-refractivity contribution >= 4 is 13.7 Å². The van der Waals surface area contributed by atoms with E-state index in [1.165, 1.54) is 44.9 Å². The van der Waals surface area contributed by atoms with Crippen molar-refractivity contribution in [3.8, 4) is 0 Å². The molecule has 2 N–H and O–H groups in total. The Morgan fingerprint density at radius 1 is 0.537 bits per heavy atom. The summed E-state index contributed by atoms with van der Waals surface area (Å²) in [6.45, 7) is 4.50. The van der Waals surface area contributed by atoms with Crippen LogP contribution in [-0.4, -0.2) is 68.5 Å². The van der Waals surface area contributed by atoms with Crippen molar-refractivity contribution < 1.29 is 32.9 Å². The Hall–Kier alpha value is -3.10. The average molecular weight is 951 g/mol. The van der Waals surface area contributed by atoms with E-state index in [1.807, 2.05) is 21.1 Å². The maximum absolute atomic E-state index is 12.8. The first-order valence-electron chi connectivity index (χ1n) is 26.4. The van der Waals surface area contributed by atoms with Crippen molar-refractivity contribution in [1.29, 1.82) is 0 Å². The summed E-state index contributed by atoms with van der Waals surface area (Å²) in [7, 11) is 1.28. The van der Waals surface area contributed by atoms with E-state index in [0.717, 1.165) is 116 Å². The number of hydrogen-bond donors (Lipinski definition) is 2. The van der Waals surface area contributed by atoms with Crippen LogP contribution in [0.3, 0.4) is 0 Å². The second-order valence-electron chi connectivity index (χ2n) is 18.5. The lowest BCUT2D eigenvalue weighted by Crippen LogP contribution is -2.46. The van der Waals surface area contributed by atoms with Crippen molar-refractivity contribution in [2.24, 2.45) is 0 Å². The molecule has 8 nitrogen and oxygen atoms in total. The molecule has 0 heterocycles. The third kappa shape index (κ3) is 50.6. The van der Waals surface area contributed by atoms with Crippen molar-refractivity contribution in [2.45, 2.75) is 199 Å². The van der Waals surface area contributed by atoms with Crippen LogP contribution in [0, 0.1) is 0 Å². The van der Waals surface area contributed by atoms with Gasteiger partial charge in [-0.15, -0.1) is 0 Å². The van der Waals surface area contributed by atoms with Crippen LogP contribution < -0.4 is 10.2 Å². The molecule has 0 aromatic rings. The molecule has 0 aromatic carbocycles. The van der Waals surface area contributed by atoms with Crippen LogP contribution in [0.1, 0.15) is 187 Å². The van der Waals surface area contributed by atoms with Gasteiger partial charge in [0.15, 0.2) is 0 Å². The third-order valence-electron chi connectivity index (χ3n) is 11.0. The van der Waals surface area contributed by atoms with Crippen molar-refractivity contribution in [2.75, 3.05) is 40.9 Å². The van der Waals surface area contributed by atoms with E-state index in [2.05, 4.69) is 141 Å². The van der Waals surface area contributed by atoms with E-state index in [0.29, 0.717) is 23.9 Å². The van der Waals surface area contributed by atoms with E-state index in [-0.39, 0.29) is 19.1 Å². The normalized spacial score (nSPS) is 15.0. The number of likely N-dealkylation sites (N-methyl/N-ethyl adjacent to an activating group) is 1. The lowest BCUT2D eigenvalue weighted by Gasteiger charge is -2.30.